The maximum atomic E-state index is 9.35. The summed E-state index contributed by atoms with van der Waals surface area (Å²) in [5, 5.41) is 36.4. The standard InChI is InChI=1S/C10H14O2.C6H4Cl2O2/c1-2-3-4-8-7-9(11)5-6-10(8)12;7-3-1-5(9)4(8)2-6(3)10/h5-7,11-12H,2-4H2,1H3;1-2,9-10H. The Morgan fingerprint density at radius 2 is 1.36 bits per heavy atom. The molecule has 4 N–H and O–H groups in total. The minimum atomic E-state index is -0.135. The minimum Gasteiger partial charge on any atom is -0.508 e. The number of aromatic hydroxyl groups is 4. The van der Waals surface area contributed by atoms with Crippen molar-refractivity contribution in [1.29, 1.82) is 0 Å². The maximum absolute atomic E-state index is 9.35. The topological polar surface area (TPSA) is 80.9 Å². The Morgan fingerprint density at radius 1 is 0.818 bits per heavy atom. The summed E-state index contributed by atoms with van der Waals surface area (Å²) in [4.78, 5) is 0. The molecular formula is C16H18Cl2O4. The third-order valence-corrected chi connectivity index (χ3v) is 3.48. The van der Waals surface area contributed by atoms with E-state index in [4.69, 9.17) is 38.5 Å². The quantitative estimate of drug-likeness (QED) is 0.600. The summed E-state index contributed by atoms with van der Waals surface area (Å²) in [6.45, 7) is 2.10. The van der Waals surface area contributed by atoms with E-state index in [1.807, 2.05) is 0 Å². The van der Waals surface area contributed by atoms with E-state index in [9.17, 15) is 5.11 Å². The van der Waals surface area contributed by atoms with Crippen molar-refractivity contribution >= 4 is 23.2 Å². The van der Waals surface area contributed by atoms with Gasteiger partial charge in [-0.2, -0.15) is 0 Å². The molecule has 0 aliphatic carbocycles. The molecule has 0 amide bonds. The van der Waals surface area contributed by atoms with Crippen LogP contribution in [-0.4, -0.2) is 20.4 Å². The molecule has 0 unspecified atom stereocenters. The highest BCUT2D eigenvalue weighted by Gasteiger charge is 2.03. The molecule has 0 saturated heterocycles. The van der Waals surface area contributed by atoms with E-state index in [2.05, 4.69) is 6.92 Å². The van der Waals surface area contributed by atoms with Crippen molar-refractivity contribution in [2.24, 2.45) is 0 Å². The van der Waals surface area contributed by atoms with Gasteiger partial charge in [0.25, 0.3) is 0 Å². The Bertz CT molecular complexity index is 580. The van der Waals surface area contributed by atoms with Crippen LogP contribution >= 0.6 is 23.2 Å². The highest BCUT2D eigenvalue weighted by Crippen LogP contribution is 2.33. The van der Waals surface area contributed by atoms with Crippen LogP contribution in [0.3, 0.4) is 0 Å². The smallest absolute Gasteiger partial charge is 0.135 e. The van der Waals surface area contributed by atoms with Crippen LogP contribution in [0.1, 0.15) is 25.3 Å². The SMILES string of the molecule is CCCCc1cc(O)ccc1O.Oc1cc(Cl)c(O)cc1Cl. The van der Waals surface area contributed by atoms with Gasteiger partial charge in [-0.05, 0) is 36.6 Å². The Morgan fingerprint density at radius 3 is 1.86 bits per heavy atom. The highest BCUT2D eigenvalue weighted by molar-refractivity contribution is 6.35. The van der Waals surface area contributed by atoms with Crippen LogP contribution < -0.4 is 0 Å². The summed E-state index contributed by atoms with van der Waals surface area (Å²) in [5.41, 5.74) is 0.830. The first-order chi connectivity index (χ1) is 10.3. The lowest BCUT2D eigenvalue weighted by molar-refractivity contribution is 0.453. The highest BCUT2D eigenvalue weighted by atomic mass is 35.5. The second kappa shape index (κ2) is 8.61. The van der Waals surface area contributed by atoms with Crippen molar-refractivity contribution < 1.29 is 20.4 Å². The second-order valence-electron chi connectivity index (χ2n) is 4.67. The van der Waals surface area contributed by atoms with Crippen LogP contribution in [-0.2, 0) is 6.42 Å². The van der Waals surface area contributed by atoms with Gasteiger partial charge in [0.05, 0.1) is 10.0 Å². The van der Waals surface area contributed by atoms with Crippen molar-refractivity contribution in [2.75, 3.05) is 0 Å². The Hall–Kier alpha value is -1.78. The summed E-state index contributed by atoms with van der Waals surface area (Å²) >= 11 is 10.8. The first-order valence-corrected chi connectivity index (χ1v) is 7.48. The molecule has 120 valence electrons. The van der Waals surface area contributed by atoms with E-state index in [-0.39, 0.29) is 33.0 Å². The zero-order valence-electron chi connectivity index (χ0n) is 12.1. The Balaban J connectivity index is 0.000000224. The number of phenols is 4. The fourth-order valence-corrected chi connectivity index (χ4v) is 1.98. The number of hydrogen-bond acceptors (Lipinski definition) is 4. The molecular weight excluding hydrogens is 327 g/mol. The van der Waals surface area contributed by atoms with Crippen LogP contribution in [0.4, 0.5) is 0 Å². The van der Waals surface area contributed by atoms with Crippen LogP contribution in [0.5, 0.6) is 23.0 Å². The van der Waals surface area contributed by atoms with Crippen molar-refractivity contribution in [3.05, 3.63) is 45.9 Å². The van der Waals surface area contributed by atoms with Gasteiger partial charge in [-0.15, -0.1) is 0 Å². The molecule has 0 saturated carbocycles. The van der Waals surface area contributed by atoms with Gasteiger partial charge >= 0.3 is 0 Å². The van der Waals surface area contributed by atoms with Crippen LogP contribution in [0.2, 0.25) is 10.0 Å². The largest absolute Gasteiger partial charge is 0.508 e. The summed E-state index contributed by atoms with van der Waals surface area (Å²) in [6.07, 6.45) is 2.96. The van der Waals surface area contributed by atoms with Gasteiger partial charge in [0.15, 0.2) is 0 Å². The number of phenolic OH excluding ortho intramolecular Hbond substituents is 4. The lowest BCUT2D eigenvalue weighted by atomic mass is 10.1. The van der Waals surface area contributed by atoms with Crippen LogP contribution in [0.25, 0.3) is 0 Å². The average Bonchev–Trinajstić information content (AvgIpc) is 2.47. The van der Waals surface area contributed by atoms with E-state index >= 15 is 0 Å². The molecule has 0 fully saturated rings. The molecule has 0 heterocycles. The minimum absolute atomic E-state index is 0.0851. The van der Waals surface area contributed by atoms with Crippen molar-refractivity contribution in [3.63, 3.8) is 0 Å². The third kappa shape index (κ3) is 5.54. The Kier molecular flexibility index (Phi) is 7.15. The number of benzene rings is 2. The van der Waals surface area contributed by atoms with E-state index in [0.29, 0.717) is 0 Å². The van der Waals surface area contributed by atoms with E-state index in [1.54, 1.807) is 6.07 Å². The van der Waals surface area contributed by atoms with Gasteiger partial charge < -0.3 is 20.4 Å². The first-order valence-electron chi connectivity index (χ1n) is 6.73. The third-order valence-electron chi connectivity index (χ3n) is 2.88. The number of unbranched alkanes of at least 4 members (excludes halogenated alkanes) is 1. The molecule has 22 heavy (non-hydrogen) atoms. The van der Waals surface area contributed by atoms with Crippen LogP contribution in [0, 0.1) is 0 Å². The molecule has 2 rings (SSSR count). The van der Waals surface area contributed by atoms with E-state index < -0.39 is 0 Å². The fraction of sp³-hybridized carbons (Fsp3) is 0.250. The summed E-state index contributed by atoms with van der Waals surface area (Å²) in [5.74, 6) is 0.231. The van der Waals surface area contributed by atoms with Gasteiger partial charge in [-0.25, -0.2) is 0 Å². The number of aryl methyl sites for hydroxylation is 1. The molecule has 0 aliphatic heterocycles. The molecule has 0 aromatic heterocycles. The molecule has 0 radical (unpaired) electrons. The zero-order valence-corrected chi connectivity index (χ0v) is 13.6. The van der Waals surface area contributed by atoms with Gasteiger partial charge in [0.2, 0.25) is 0 Å². The lowest BCUT2D eigenvalue weighted by Gasteiger charge is -2.03. The van der Waals surface area contributed by atoms with Crippen molar-refractivity contribution in [2.45, 2.75) is 26.2 Å². The lowest BCUT2D eigenvalue weighted by Crippen LogP contribution is -1.84. The van der Waals surface area contributed by atoms with Gasteiger partial charge in [-0.3, -0.25) is 0 Å². The maximum Gasteiger partial charge on any atom is 0.135 e. The zero-order chi connectivity index (χ0) is 16.7. The molecule has 2 aromatic carbocycles. The van der Waals surface area contributed by atoms with Gasteiger partial charge in [0, 0.05) is 12.1 Å². The van der Waals surface area contributed by atoms with Gasteiger partial charge in [-0.1, -0.05) is 36.5 Å². The summed E-state index contributed by atoms with van der Waals surface area (Å²) in [6, 6.07) is 6.99. The van der Waals surface area contributed by atoms with Gasteiger partial charge in [0.1, 0.15) is 23.0 Å². The molecule has 0 bridgehead atoms. The predicted molar refractivity (Wildman–Crippen MR) is 88.2 cm³/mol. The molecule has 4 nitrogen and oxygen atoms in total. The predicted octanol–water partition coefficient (Wildman–Crippen LogP) is 4.85. The van der Waals surface area contributed by atoms with E-state index in [0.717, 1.165) is 24.8 Å². The Labute approximate surface area is 139 Å². The summed E-state index contributed by atoms with van der Waals surface area (Å²) in [7, 11) is 0. The molecule has 2 aromatic rings. The number of rotatable bonds is 3. The number of halogens is 2. The molecule has 0 spiro atoms. The fourth-order valence-electron chi connectivity index (χ4n) is 1.67. The molecule has 0 atom stereocenters. The monoisotopic (exact) mass is 344 g/mol. The van der Waals surface area contributed by atoms with Crippen molar-refractivity contribution in [1.82, 2.24) is 0 Å². The molecule has 0 aliphatic rings. The molecule has 6 heteroatoms. The first kappa shape index (κ1) is 18.3. The van der Waals surface area contributed by atoms with Crippen molar-refractivity contribution in [3.8, 4) is 23.0 Å². The number of hydrogen-bond donors (Lipinski definition) is 4. The second-order valence-corrected chi connectivity index (χ2v) is 5.49. The summed E-state index contributed by atoms with van der Waals surface area (Å²) < 4.78 is 0. The van der Waals surface area contributed by atoms with Crippen LogP contribution in [0.15, 0.2) is 30.3 Å². The normalized spacial score (nSPS) is 9.95. The average molecular weight is 345 g/mol. The van der Waals surface area contributed by atoms with E-state index in [1.165, 1.54) is 24.3 Å².